The highest BCUT2D eigenvalue weighted by molar-refractivity contribution is 5.97. The van der Waals surface area contributed by atoms with Gasteiger partial charge in [0.15, 0.2) is 0 Å². The molecule has 4 aliphatic carbocycles. The van der Waals surface area contributed by atoms with Gasteiger partial charge >= 0.3 is 0 Å². The summed E-state index contributed by atoms with van der Waals surface area (Å²) in [5, 5.41) is 16.4. The predicted molar refractivity (Wildman–Crippen MR) is 292 cm³/mol. The molecule has 2 amide bonds. The molecular weight excluding hydrogens is 877 g/mol. The number of hydrogen-bond donors (Lipinski definition) is 3. The standard InChI is InChI=1S/C32H46N2O2.C31H46N2O2/c1-22-28(30(35)33-26-11-15-36-16-12-26)21-34(29(22)17-23-9-7-6-8-10-23)27-19-24(31(2,3)4)18-25(20-27)32(5)13-14-32;1-21-26(28(34)32-20-30(5,6)35)19-33(27(21)15-22-11-9-8-10-12-22)25-17-23(29(2,3)4)16-24(18-25)31(7)13-14-31/h18-21,23,26H,6-17H2,1-5H3,(H,33,35);16-19,22,35H,8-15,20H2,1-7H3,(H,32,34). The zero-order chi connectivity index (χ0) is 51.1. The Bertz CT molecular complexity index is 2460. The summed E-state index contributed by atoms with van der Waals surface area (Å²) in [7, 11) is 0. The lowest BCUT2D eigenvalue weighted by Gasteiger charge is -2.25. The van der Waals surface area contributed by atoms with Crippen molar-refractivity contribution in [2.24, 2.45) is 11.8 Å². The fraction of sp³-hybridized carbons (Fsp3) is 0.651. The quantitative estimate of drug-likeness (QED) is 0.124. The molecule has 2 aromatic heterocycles. The normalized spacial score (nSPS) is 19.7. The van der Waals surface area contributed by atoms with Crippen LogP contribution < -0.4 is 10.6 Å². The van der Waals surface area contributed by atoms with Crippen LogP contribution in [-0.4, -0.2) is 57.5 Å². The number of aliphatic hydroxyl groups is 1. The van der Waals surface area contributed by atoms with E-state index in [0.29, 0.717) is 17.3 Å². The number of hydrogen-bond acceptors (Lipinski definition) is 4. The number of ether oxygens (including phenoxy) is 1. The van der Waals surface area contributed by atoms with E-state index < -0.39 is 5.60 Å². The first-order valence-corrected chi connectivity index (χ1v) is 28.0. The summed E-state index contributed by atoms with van der Waals surface area (Å²) in [4.78, 5) is 26.7. The van der Waals surface area contributed by atoms with Gasteiger partial charge in [0.05, 0.1) is 16.7 Å². The molecule has 3 N–H and O–H groups in total. The van der Waals surface area contributed by atoms with Crippen molar-refractivity contribution in [3.63, 3.8) is 0 Å². The zero-order valence-corrected chi connectivity index (χ0v) is 46.3. The van der Waals surface area contributed by atoms with E-state index in [1.54, 1.807) is 13.8 Å². The fourth-order valence-electron chi connectivity index (χ4n) is 11.5. The average molecular weight is 969 g/mol. The lowest BCUT2D eigenvalue weighted by atomic mass is 9.83. The summed E-state index contributed by atoms with van der Waals surface area (Å²) in [6.07, 6.45) is 26.2. The third kappa shape index (κ3) is 13.0. The number of nitrogens with zero attached hydrogens (tertiary/aromatic N) is 2. The van der Waals surface area contributed by atoms with Crippen LogP contribution in [0, 0.1) is 25.7 Å². The fourth-order valence-corrected chi connectivity index (χ4v) is 11.5. The molecule has 0 radical (unpaired) electrons. The molecule has 0 atom stereocenters. The third-order valence-electron chi connectivity index (χ3n) is 17.4. The smallest absolute Gasteiger partial charge is 0.253 e. The van der Waals surface area contributed by atoms with Gasteiger partial charge in [-0.25, -0.2) is 0 Å². The van der Waals surface area contributed by atoms with Gasteiger partial charge in [-0.15, -0.1) is 0 Å². The van der Waals surface area contributed by atoms with Crippen molar-refractivity contribution in [3.05, 3.63) is 105 Å². The maximum Gasteiger partial charge on any atom is 0.253 e. The van der Waals surface area contributed by atoms with Crippen LogP contribution in [0.3, 0.4) is 0 Å². The molecule has 8 heteroatoms. The molecule has 0 bridgehead atoms. The molecule has 71 heavy (non-hydrogen) atoms. The second-order valence-corrected chi connectivity index (χ2v) is 26.4. The minimum Gasteiger partial charge on any atom is -0.389 e. The highest BCUT2D eigenvalue weighted by Gasteiger charge is 2.41. The molecule has 5 fully saturated rings. The van der Waals surface area contributed by atoms with Crippen molar-refractivity contribution in [1.82, 2.24) is 19.8 Å². The maximum atomic E-state index is 13.5. The Hall–Kier alpha value is -4.14. The minimum atomic E-state index is -0.938. The SMILES string of the molecule is Cc1c(C(=O)NC2CCOCC2)cn(-c2cc(C(C)(C)C)cc(C3(C)CC3)c2)c1CC1CCCCC1.Cc1c(C(=O)NCC(C)(C)O)cn(-c2cc(C(C)(C)C)cc(C3(C)CC3)c2)c1CC1CCCCC1. The van der Waals surface area contributed by atoms with Crippen LogP contribution in [0.15, 0.2) is 48.8 Å². The third-order valence-corrected chi connectivity index (χ3v) is 17.4. The monoisotopic (exact) mass is 969 g/mol. The van der Waals surface area contributed by atoms with Crippen LogP contribution in [0.25, 0.3) is 11.4 Å². The minimum absolute atomic E-state index is 0.0503. The number of carbonyl (C=O) groups excluding carboxylic acids is 2. The van der Waals surface area contributed by atoms with Gasteiger partial charge in [0.1, 0.15) is 0 Å². The molecule has 4 saturated carbocycles. The molecule has 2 aromatic carbocycles. The number of benzene rings is 2. The number of aromatic nitrogens is 2. The predicted octanol–water partition coefficient (Wildman–Crippen LogP) is 13.9. The molecule has 0 unspecified atom stereocenters. The first kappa shape index (κ1) is 53.2. The van der Waals surface area contributed by atoms with E-state index >= 15 is 0 Å². The van der Waals surface area contributed by atoms with E-state index in [0.717, 1.165) is 61.2 Å². The first-order valence-electron chi connectivity index (χ1n) is 28.0. The van der Waals surface area contributed by atoms with Gasteiger partial charge in [0.25, 0.3) is 11.8 Å². The topological polar surface area (TPSA) is 97.5 Å². The van der Waals surface area contributed by atoms with Crippen LogP contribution in [-0.2, 0) is 39.2 Å². The first-order chi connectivity index (χ1) is 33.4. The summed E-state index contributed by atoms with van der Waals surface area (Å²) < 4.78 is 10.2. The summed E-state index contributed by atoms with van der Waals surface area (Å²) in [5.41, 5.74) is 14.2. The van der Waals surface area contributed by atoms with Crippen molar-refractivity contribution in [1.29, 1.82) is 0 Å². The van der Waals surface area contributed by atoms with Crippen molar-refractivity contribution < 1.29 is 19.4 Å². The van der Waals surface area contributed by atoms with Gasteiger partial charge in [-0.05, 0) is 170 Å². The molecule has 3 heterocycles. The maximum absolute atomic E-state index is 13.5. The number of nitrogens with one attached hydrogen (secondary N) is 2. The Balaban J connectivity index is 0.000000191. The summed E-state index contributed by atoms with van der Waals surface area (Å²) >= 11 is 0. The molecule has 388 valence electrons. The Morgan fingerprint density at radius 1 is 0.606 bits per heavy atom. The summed E-state index contributed by atoms with van der Waals surface area (Å²) in [6.45, 7) is 28.0. The largest absolute Gasteiger partial charge is 0.389 e. The number of amides is 2. The van der Waals surface area contributed by atoms with Crippen LogP contribution in [0.2, 0.25) is 0 Å². The van der Waals surface area contributed by atoms with E-state index in [1.807, 2.05) is 6.20 Å². The highest BCUT2D eigenvalue weighted by Crippen LogP contribution is 2.50. The van der Waals surface area contributed by atoms with E-state index in [2.05, 4.69) is 132 Å². The second-order valence-electron chi connectivity index (χ2n) is 26.4. The van der Waals surface area contributed by atoms with E-state index in [4.69, 9.17) is 4.74 Å². The van der Waals surface area contributed by atoms with E-state index in [9.17, 15) is 14.7 Å². The lowest BCUT2D eigenvalue weighted by molar-refractivity contribution is 0.0694. The molecule has 8 nitrogen and oxygen atoms in total. The molecule has 5 aliphatic rings. The number of rotatable bonds is 13. The summed E-state index contributed by atoms with van der Waals surface area (Å²) in [5.74, 6) is 1.36. The lowest BCUT2D eigenvalue weighted by Crippen LogP contribution is -2.39. The molecule has 1 aliphatic heterocycles. The molecule has 0 spiro atoms. The second kappa shape index (κ2) is 21.0. The summed E-state index contributed by atoms with van der Waals surface area (Å²) in [6, 6.07) is 14.5. The van der Waals surface area contributed by atoms with E-state index in [-0.39, 0.29) is 40.6 Å². The molecular formula is C63H92N4O4. The zero-order valence-electron chi connectivity index (χ0n) is 46.3. The van der Waals surface area contributed by atoms with Crippen molar-refractivity contribution in [3.8, 4) is 11.4 Å². The van der Waals surface area contributed by atoms with Crippen LogP contribution in [0.1, 0.15) is 237 Å². The molecule has 9 rings (SSSR count). The van der Waals surface area contributed by atoms with Gasteiger partial charge in [-0.2, -0.15) is 0 Å². The highest BCUT2D eigenvalue weighted by atomic mass is 16.5. The van der Waals surface area contributed by atoms with E-state index in [1.165, 1.54) is 135 Å². The van der Waals surface area contributed by atoms with Gasteiger partial charge in [-0.3, -0.25) is 9.59 Å². The van der Waals surface area contributed by atoms with Gasteiger partial charge in [0, 0.05) is 61.0 Å². The Kier molecular flexibility index (Phi) is 15.7. The molecule has 4 aromatic rings. The van der Waals surface area contributed by atoms with Crippen molar-refractivity contribution in [2.75, 3.05) is 19.8 Å². The Labute approximate surface area is 428 Å². The molecule has 1 saturated heterocycles. The Morgan fingerprint density at radius 2 is 1.01 bits per heavy atom. The van der Waals surface area contributed by atoms with Gasteiger partial charge < -0.3 is 29.6 Å². The van der Waals surface area contributed by atoms with Gasteiger partial charge in [0.2, 0.25) is 0 Å². The average Bonchev–Trinajstić information content (AvgIpc) is 4.22. The van der Waals surface area contributed by atoms with Crippen molar-refractivity contribution in [2.45, 2.75) is 232 Å². The Morgan fingerprint density at radius 3 is 1.39 bits per heavy atom. The van der Waals surface area contributed by atoms with Crippen LogP contribution in [0.4, 0.5) is 0 Å². The van der Waals surface area contributed by atoms with Gasteiger partial charge in [-0.1, -0.05) is 132 Å². The van der Waals surface area contributed by atoms with Crippen molar-refractivity contribution >= 4 is 11.8 Å². The number of carbonyl (C=O) groups is 2. The van der Waals surface area contributed by atoms with Crippen LogP contribution >= 0.6 is 0 Å². The van der Waals surface area contributed by atoms with Crippen LogP contribution in [0.5, 0.6) is 0 Å².